The van der Waals surface area contributed by atoms with Crippen LogP contribution in [0.2, 0.25) is 0 Å². The van der Waals surface area contributed by atoms with Crippen molar-refractivity contribution >= 4 is 31.9 Å². The molecule has 2 rings (SSSR count). The zero-order valence-electron chi connectivity index (χ0n) is 11.1. The number of halogens is 3. The summed E-state index contributed by atoms with van der Waals surface area (Å²) in [4.78, 5) is 0. The van der Waals surface area contributed by atoms with E-state index in [9.17, 15) is 4.39 Å². The van der Waals surface area contributed by atoms with Crippen molar-refractivity contribution in [3.05, 3.63) is 56.7 Å². The van der Waals surface area contributed by atoms with Gasteiger partial charge in [-0.3, -0.25) is 0 Å². The van der Waals surface area contributed by atoms with Gasteiger partial charge in [-0.05, 0) is 75.7 Å². The summed E-state index contributed by atoms with van der Waals surface area (Å²) in [7, 11) is 1.91. The average molecular weight is 403 g/mol. The maximum Gasteiger partial charge on any atom is 0.141 e. The van der Waals surface area contributed by atoms with E-state index >= 15 is 0 Å². The lowest BCUT2D eigenvalue weighted by Crippen LogP contribution is -2.12. The first-order valence-electron chi connectivity index (χ1n) is 6.11. The minimum Gasteiger partial charge on any atom is -0.456 e. The van der Waals surface area contributed by atoms with Gasteiger partial charge in [0, 0.05) is 12.1 Å². The van der Waals surface area contributed by atoms with Gasteiger partial charge in [-0.1, -0.05) is 6.07 Å². The Morgan fingerprint density at radius 2 is 1.85 bits per heavy atom. The van der Waals surface area contributed by atoms with Gasteiger partial charge in [0.15, 0.2) is 0 Å². The fourth-order valence-electron chi connectivity index (χ4n) is 1.70. The smallest absolute Gasteiger partial charge is 0.141 e. The third kappa shape index (κ3) is 3.59. The number of rotatable bonds is 4. The standard InChI is InChI=1S/C15H14Br2FNO/c1-9(19-2)10-3-6-15(13(17)7-10)20-11-4-5-12(16)14(18)8-11/h3-9,19H,1-2H3. The summed E-state index contributed by atoms with van der Waals surface area (Å²) >= 11 is 6.60. The largest absolute Gasteiger partial charge is 0.456 e. The van der Waals surface area contributed by atoms with Crippen LogP contribution >= 0.6 is 31.9 Å². The van der Waals surface area contributed by atoms with Crippen molar-refractivity contribution in [3.8, 4) is 11.5 Å². The normalized spacial score (nSPS) is 12.2. The molecule has 0 saturated carbocycles. The quantitative estimate of drug-likeness (QED) is 0.736. The van der Waals surface area contributed by atoms with E-state index in [4.69, 9.17) is 4.74 Å². The number of ether oxygens (including phenoxy) is 1. The number of nitrogens with one attached hydrogen (secondary N) is 1. The van der Waals surface area contributed by atoms with Gasteiger partial charge in [0.05, 0.1) is 8.95 Å². The van der Waals surface area contributed by atoms with Crippen molar-refractivity contribution in [3.63, 3.8) is 0 Å². The van der Waals surface area contributed by atoms with Crippen molar-refractivity contribution in [2.45, 2.75) is 13.0 Å². The summed E-state index contributed by atoms with van der Waals surface area (Å²) in [5, 5.41) is 3.17. The molecule has 1 unspecified atom stereocenters. The maximum absolute atomic E-state index is 13.5. The van der Waals surface area contributed by atoms with Crippen LogP contribution in [0.3, 0.4) is 0 Å². The molecule has 1 N–H and O–H groups in total. The lowest BCUT2D eigenvalue weighted by atomic mass is 10.1. The molecule has 0 bridgehead atoms. The molecular weight excluding hydrogens is 389 g/mol. The molecule has 0 aliphatic heterocycles. The lowest BCUT2D eigenvalue weighted by Gasteiger charge is -2.13. The SMILES string of the molecule is CNC(C)c1ccc(Oc2ccc(Br)c(F)c2)c(Br)c1. The van der Waals surface area contributed by atoms with E-state index in [0.717, 1.165) is 10.0 Å². The molecular formula is C15H14Br2FNO. The fourth-order valence-corrected chi connectivity index (χ4v) is 2.43. The molecule has 20 heavy (non-hydrogen) atoms. The zero-order chi connectivity index (χ0) is 14.7. The highest BCUT2D eigenvalue weighted by Crippen LogP contribution is 2.33. The van der Waals surface area contributed by atoms with Crippen molar-refractivity contribution in [1.29, 1.82) is 0 Å². The summed E-state index contributed by atoms with van der Waals surface area (Å²) in [5.41, 5.74) is 1.15. The van der Waals surface area contributed by atoms with Crippen LogP contribution in [-0.4, -0.2) is 7.05 Å². The topological polar surface area (TPSA) is 21.3 Å². The van der Waals surface area contributed by atoms with Crippen LogP contribution in [0.25, 0.3) is 0 Å². The van der Waals surface area contributed by atoms with Gasteiger partial charge in [-0.15, -0.1) is 0 Å². The molecule has 0 amide bonds. The second-order valence-electron chi connectivity index (χ2n) is 4.38. The van der Waals surface area contributed by atoms with E-state index in [-0.39, 0.29) is 11.9 Å². The fraction of sp³-hybridized carbons (Fsp3) is 0.200. The molecule has 0 aromatic heterocycles. The van der Waals surface area contributed by atoms with Gasteiger partial charge < -0.3 is 10.1 Å². The predicted molar refractivity (Wildman–Crippen MR) is 85.8 cm³/mol. The molecule has 0 aliphatic carbocycles. The number of benzene rings is 2. The first-order chi connectivity index (χ1) is 9.51. The number of hydrogen-bond donors (Lipinski definition) is 1. The van der Waals surface area contributed by atoms with Gasteiger partial charge in [0.25, 0.3) is 0 Å². The van der Waals surface area contributed by atoms with E-state index < -0.39 is 0 Å². The second-order valence-corrected chi connectivity index (χ2v) is 6.09. The van der Waals surface area contributed by atoms with E-state index in [1.165, 1.54) is 6.07 Å². The van der Waals surface area contributed by atoms with Crippen molar-refractivity contribution < 1.29 is 9.13 Å². The molecule has 106 valence electrons. The molecule has 5 heteroatoms. The van der Waals surface area contributed by atoms with Gasteiger partial charge in [0.1, 0.15) is 17.3 Å². The Bertz CT molecular complexity index is 619. The molecule has 0 radical (unpaired) electrons. The highest BCUT2D eigenvalue weighted by molar-refractivity contribution is 9.10. The van der Waals surface area contributed by atoms with Gasteiger partial charge in [-0.2, -0.15) is 0 Å². The molecule has 0 heterocycles. The van der Waals surface area contributed by atoms with E-state index in [2.05, 4.69) is 44.1 Å². The summed E-state index contributed by atoms with van der Waals surface area (Å²) in [6.45, 7) is 2.08. The van der Waals surface area contributed by atoms with Crippen molar-refractivity contribution in [2.24, 2.45) is 0 Å². The van der Waals surface area contributed by atoms with Gasteiger partial charge in [0.2, 0.25) is 0 Å². The molecule has 0 saturated heterocycles. The highest BCUT2D eigenvalue weighted by Gasteiger charge is 2.09. The third-order valence-corrected chi connectivity index (χ3v) is 4.27. The van der Waals surface area contributed by atoms with Crippen molar-refractivity contribution in [2.75, 3.05) is 7.05 Å². The molecule has 0 spiro atoms. The van der Waals surface area contributed by atoms with Crippen LogP contribution in [-0.2, 0) is 0 Å². The van der Waals surface area contributed by atoms with Crippen LogP contribution in [0.4, 0.5) is 4.39 Å². The predicted octanol–water partition coefficient (Wildman–Crippen LogP) is 5.42. The van der Waals surface area contributed by atoms with E-state index in [0.29, 0.717) is 16.0 Å². The van der Waals surface area contributed by atoms with Crippen LogP contribution in [0.15, 0.2) is 45.3 Å². The third-order valence-electron chi connectivity index (χ3n) is 3.01. The summed E-state index contributed by atoms with van der Waals surface area (Å²) in [6.07, 6.45) is 0. The Hall–Kier alpha value is -0.910. The second kappa shape index (κ2) is 6.70. The molecule has 0 aliphatic rings. The Morgan fingerprint density at radius 3 is 2.45 bits per heavy atom. The minimum atomic E-state index is -0.348. The van der Waals surface area contributed by atoms with Gasteiger partial charge >= 0.3 is 0 Å². The Kier molecular flexibility index (Phi) is 5.18. The van der Waals surface area contributed by atoms with E-state index in [1.54, 1.807) is 12.1 Å². The molecule has 2 nitrogen and oxygen atoms in total. The van der Waals surface area contributed by atoms with Crippen molar-refractivity contribution in [1.82, 2.24) is 5.32 Å². The first-order valence-corrected chi connectivity index (χ1v) is 7.69. The summed E-state index contributed by atoms with van der Waals surface area (Å²) < 4.78 is 20.4. The van der Waals surface area contributed by atoms with Crippen LogP contribution < -0.4 is 10.1 Å². The van der Waals surface area contributed by atoms with Gasteiger partial charge in [-0.25, -0.2) is 4.39 Å². The molecule has 0 fully saturated rings. The van der Waals surface area contributed by atoms with E-state index in [1.807, 2.05) is 25.2 Å². The minimum absolute atomic E-state index is 0.255. The lowest BCUT2D eigenvalue weighted by molar-refractivity contribution is 0.472. The molecule has 2 aromatic rings. The maximum atomic E-state index is 13.5. The zero-order valence-corrected chi connectivity index (χ0v) is 14.3. The molecule has 1 atom stereocenters. The summed E-state index contributed by atoms with van der Waals surface area (Å²) in [5.74, 6) is 0.763. The highest BCUT2D eigenvalue weighted by atomic mass is 79.9. The first kappa shape index (κ1) is 15.5. The van der Waals surface area contributed by atoms with Crippen LogP contribution in [0, 0.1) is 5.82 Å². The Labute approximate surface area is 134 Å². The van der Waals surface area contributed by atoms with Crippen LogP contribution in [0.5, 0.6) is 11.5 Å². The Balaban J connectivity index is 2.23. The summed E-state index contributed by atoms with van der Waals surface area (Å²) in [6, 6.07) is 10.8. The van der Waals surface area contributed by atoms with Crippen LogP contribution in [0.1, 0.15) is 18.5 Å². The average Bonchev–Trinajstić information content (AvgIpc) is 2.44. The Morgan fingerprint density at radius 1 is 1.10 bits per heavy atom. The monoisotopic (exact) mass is 401 g/mol. The molecule has 2 aromatic carbocycles. The number of hydrogen-bond acceptors (Lipinski definition) is 2.